The van der Waals surface area contributed by atoms with E-state index in [1.807, 2.05) is 52.0 Å². The monoisotopic (exact) mass is 450 g/mol. The van der Waals surface area contributed by atoms with Gasteiger partial charge in [-0.3, -0.25) is 9.59 Å². The Labute approximate surface area is 198 Å². The number of hydrogen-bond donors (Lipinski definition) is 1. The first kappa shape index (κ1) is 24.8. The summed E-state index contributed by atoms with van der Waals surface area (Å²) in [5, 5.41) is 3.19. The maximum Gasteiger partial charge on any atom is 0.261 e. The molecule has 0 aromatic heterocycles. The van der Waals surface area contributed by atoms with Crippen LogP contribution in [0.25, 0.3) is 0 Å². The van der Waals surface area contributed by atoms with Crippen molar-refractivity contribution in [3.05, 3.63) is 64.7 Å². The van der Waals surface area contributed by atoms with Crippen molar-refractivity contribution in [1.29, 1.82) is 0 Å². The maximum atomic E-state index is 13.4. The first-order valence-electron chi connectivity index (χ1n) is 12.2. The van der Waals surface area contributed by atoms with Crippen molar-refractivity contribution in [3.63, 3.8) is 0 Å². The molecule has 2 aromatic rings. The van der Waals surface area contributed by atoms with Gasteiger partial charge in [-0.05, 0) is 74.8 Å². The molecule has 0 aliphatic heterocycles. The Bertz CT molecular complexity index is 936. The van der Waals surface area contributed by atoms with Crippen molar-refractivity contribution in [1.82, 2.24) is 10.2 Å². The molecule has 0 bridgehead atoms. The average Bonchev–Trinajstić information content (AvgIpc) is 3.31. The molecule has 33 heavy (non-hydrogen) atoms. The summed E-state index contributed by atoms with van der Waals surface area (Å²) >= 11 is 0. The molecule has 3 rings (SSSR count). The molecule has 1 fully saturated rings. The molecule has 1 aliphatic carbocycles. The second-order valence-corrected chi connectivity index (χ2v) is 9.23. The maximum absolute atomic E-state index is 13.4. The van der Waals surface area contributed by atoms with E-state index in [0.29, 0.717) is 19.4 Å². The van der Waals surface area contributed by atoms with Crippen LogP contribution in [0.5, 0.6) is 5.75 Å². The zero-order chi connectivity index (χ0) is 23.8. The first-order valence-corrected chi connectivity index (χ1v) is 12.2. The molecule has 5 heteroatoms. The fourth-order valence-corrected chi connectivity index (χ4v) is 4.64. The third-order valence-electron chi connectivity index (χ3n) is 6.69. The Morgan fingerprint density at radius 3 is 2.45 bits per heavy atom. The van der Waals surface area contributed by atoms with Crippen molar-refractivity contribution in [2.24, 2.45) is 0 Å². The molecule has 0 heterocycles. The molecule has 0 spiro atoms. The van der Waals surface area contributed by atoms with E-state index in [2.05, 4.69) is 23.5 Å². The van der Waals surface area contributed by atoms with Gasteiger partial charge in [0.05, 0.1) is 0 Å². The normalized spacial score (nSPS) is 14.7. The number of hydrogen-bond acceptors (Lipinski definition) is 3. The highest BCUT2D eigenvalue weighted by Crippen LogP contribution is 2.24. The van der Waals surface area contributed by atoms with Crippen LogP contribution in [-0.2, 0) is 16.0 Å². The number of aryl methyl sites for hydroxylation is 2. The van der Waals surface area contributed by atoms with Gasteiger partial charge in [-0.1, -0.05) is 56.2 Å². The van der Waals surface area contributed by atoms with Gasteiger partial charge in [0, 0.05) is 12.6 Å². The quantitative estimate of drug-likeness (QED) is 0.560. The second-order valence-electron chi connectivity index (χ2n) is 9.23. The van der Waals surface area contributed by atoms with Crippen molar-refractivity contribution in [2.45, 2.75) is 78.3 Å². The number of benzene rings is 2. The van der Waals surface area contributed by atoms with E-state index in [-0.39, 0.29) is 24.5 Å². The lowest BCUT2D eigenvalue weighted by molar-refractivity contribution is -0.142. The summed E-state index contributed by atoms with van der Waals surface area (Å²) in [7, 11) is 0. The van der Waals surface area contributed by atoms with Gasteiger partial charge in [-0.2, -0.15) is 0 Å². The molecule has 2 amide bonds. The summed E-state index contributed by atoms with van der Waals surface area (Å²) < 4.78 is 5.98. The predicted octanol–water partition coefficient (Wildman–Crippen LogP) is 4.90. The molecule has 0 saturated heterocycles. The summed E-state index contributed by atoms with van der Waals surface area (Å²) in [6, 6.07) is 13.9. The third-order valence-corrected chi connectivity index (χ3v) is 6.69. The Morgan fingerprint density at radius 1 is 1.09 bits per heavy atom. The van der Waals surface area contributed by atoms with Crippen LogP contribution in [0.1, 0.15) is 61.3 Å². The number of carbonyl (C=O) groups is 2. The lowest BCUT2D eigenvalue weighted by Gasteiger charge is -2.31. The molecule has 2 aromatic carbocycles. The number of rotatable bonds is 10. The van der Waals surface area contributed by atoms with Crippen LogP contribution in [-0.4, -0.2) is 41.9 Å². The molecular weight excluding hydrogens is 412 g/mol. The van der Waals surface area contributed by atoms with Gasteiger partial charge in [0.2, 0.25) is 5.91 Å². The van der Waals surface area contributed by atoms with Gasteiger partial charge in [-0.15, -0.1) is 0 Å². The van der Waals surface area contributed by atoms with E-state index in [9.17, 15) is 9.59 Å². The second kappa shape index (κ2) is 11.9. The fraction of sp³-hybridized carbons (Fsp3) is 0.500. The highest BCUT2D eigenvalue weighted by atomic mass is 16.5. The summed E-state index contributed by atoms with van der Waals surface area (Å²) in [6.07, 6.45) is 5.62. The van der Waals surface area contributed by atoms with Gasteiger partial charge in [0.25, 0.3) is 5.91 Å². The largest absolute Gasteiger partial charge is 0.483 e. The topological polar surface area (TPSA) is 58.6 Å². The van der Waals surface area contributed by atoms with Gasteiger partial charge in [0.1, 0.15) is 11.8 Å². The Hall–Kier alpha value is -2.82. The Morgan fingerprint density at radius 2 is 1.79 bits per heavy atom. The van der Waals surface area contributed by atoms with Gasteiger partial charge >= 0.3 is 0 Å². The highest BCUT2D eigenvalue weighted by molar-refractivity contribution is 5.88. The Kier molecular flexibility index (Phi) is 8.93. The molecule has 0 unspecified atom stereocenters. The molecule has 1 aliphatic rings. The average molecular weight is 451 g/mol. The van der Waals surface area contributed by atoms with Crippen molar-refractivity contribution in [3.8, 4) is 5.75 Å². The zero-order valence-electron chi connectivity index (χ0n) is 20.5. The minimum atomic E-state index is -0.495. The smallest absolute Gasteiger partial charge is 0.261 e. The summed E-state index contributed by atoms with van der Waals surface area (Å²) in [5.41, 5.74) is 4.42. The van der Waals surface area contributed by atoms with Gasteiger partial charge < -0.3 is 15.0 Å². The van der Waals surface area contributed by atoms with Gasteiger partial charge in [0.15, 0.2) is 6.61 Å². The molecule has 5 nitrogen and oxygen atoms in total. The van der Waals surface area contributed by atoms with Crippen LogP contribution < -0.4 is 10.1 Å². The number of amides is 2. The number of nitrogens with zero attached hydrogens (tertiary/aromatic N) is 1. The minimum absolute atomic E-state index is 0.0478. The van der Waals surface area contributed by atoms with Gasteiger partial charge in [-0.25, -0.2) is 0 Å². The minimum Gasteiger partial charge on any atom is -0.483 e. The highest BCUT2D eigenvalue weighted by Gasteiger charge is 2.30. The molecule has 1 saturated carbocycles. The van der Waals surface area contributed by atoms with E-state index in [4.69, 9.17) is 4.74 Å². The molecule has 1 atom stereocenters. The summed E-state index contributed by atoms with van der Waals surface area (Å²) in [4.78, 5) is 28.3. The third kappa shape index (κ3) is 6.83. The van der Waals surface area contributed by atoms with E-state index in [0.717, 1.165) is 53.7 Å². The zero-order valence-corrected chi connectivity index (χ0v) is 20.5. The Balaban J connectivity index is 1.74. The van der Waals surface area contributed by atoms with Crippen LogP contribution in [0.15, 0.2) is 42.5 Å². The van der Waals surface area contributed by atoms with E-state index < -0.39 is 6.04 Å². The SMILES string of the molecule is CC[C@@H](C(=O)NC1CCCC1)N(CCc1ccccc1)C(=O)COc1cc(C)cc(C)c1C. The molecule has 178 valence electrons. The first-order chi connectivity index (χ1) is 15.9. The lowest BCUT2D eigenvalue weighted by atomic mass is 10.1. The van der Waals surface area contributed by atoms with E-state index >= 15 is 0 Å². The summed E-state index contributed by atoms with van der Waals surface area (Å²) in [5.74, 6) is 0.526. The molecule has 0 radical (unpaired) electrons. The van der Waals surface area contributed by atoms with Crippen molar-refractivity contribution >= 4 is 11.8 Å². The fourth-order valence-electron chi connectivity index (χ4n) is 4.64. The van der Waals surface area contributed by atoms with Crippen molar-refractivity contribution in [2.75, 3.05) is 13.2 Å². The van der Waals surface area contributed by atoms with E-state index in [1.54, 1.807) is 4.90 Å². The molecular formula is C28H38N2O3. The number of ether oxygens (including phenoxy) is 1. The van der Waals surface area contributed by atoms with Crippen molar-refractivity contribution < 1.29 is 14.3 Å². The predicted molar refractivity (Wildman–Crippen MR) is 132 cm³/mol. The molecule has 1 N–H and O–H groups in total. The number of carbonyl (C=O) groups excluding carboxylic acids is 2. The standard InChI is InChI=1S/C28H38N2O3/c1-5-25(28(32)29-24-13-9-10-14-24)30(16-15-23-11-7-6-8-12-23)27(31)19-33-26-18-20(2)17-21(3)22(26)4/h6-8,11-12,17-18,24-25H,5,9-10,13-16,19H2,1-4H3,(H,29,32)/t25-/m0/s1. The van der Waals surface area contributed by atoms with Crippen LogP contribution in [0, 0.1) is 20.8 Å². The van der Waals surface area contributed by atoms with Crippen LogP contribution in [0.2, 0.25) is 0 Å². The van der Waals surface area contributed by atoms with Crippen LogP contribution in [0.4, 0.5) is 0 Å². The number of nitrogens with one attached hydrogen (secondary N) is 1. The lowest BCUT2D eigenvalue weighted by Crippen LogP contribution is -2.53. The van der Waals surface area contributed by atoms with E-state index in [1.165, 1.54) is 0 Å². The van der Waals surface area contributed by atoms with Crippen LogP contribution >= 0.6 is 0 Å². The summed E-state index contributed by atoms with van der Waals surface area (Å²) in [6.45, 7) is 8.44. The van der Waals surface area contributed by atoms with Crippen LogP contribution in [0.3, 0.4) is 0 Å².